The molecule has 94 heavy (non-hydrogen) atoms. The second kappa shape index (κ2) is 40.6. The molecule has 0 aliphatic rings. The largest absolute Gasteiger partial charge is 0.481 e. The second-order valence-corrected chi connectivity index (χ2v) is 25.1. The van der Waals surface area contributed by atoms with Gasteiger partial charge in [-0.2, -0.15) is 0 Å². The van der Waals surface area contributed by atoms with E-state index in [1.807, 2.05) is 48.6 Å². The summed E-state index contributed by atoms with van der Waals surface area (Å²) in [5.74, 6) is -15.2. The molecule has 512 valence electrons. The number of aliphatic carboxylic acids is 4. The maximum absolute atomic E-state index is 13.4. The average molecular weight is 1310 g/mol. The number of hydrogen-bond donors (Lipinski definition) is 9. The fraction of sp³-hybridized carbons (Fsp3) is 0.493. The van der Waals surface area contributed by atoms with Crippen molar-refractivity contribution in [2.24, 2.45) is 47.3 Å². The average Bonchev–Trinajstić information content (AvgIpc) is 1.07. The molecule has 0 aromatic heterocycles. The Morgan fingerprint density at radius 2 is 0.894 bits per heavy atom. The van der Waals surface area contributed by atoms with Gasteiger partial charge in [0.05, 0.1) is 30.6 Å². The lowest BCUT2D eigenvalue weighted by Crippen LogP contribution is -2.49. The van der Waals surface area contributed by atoms with Gasteiger partial charge >= 0.3 is 23.9 Å². The number of carbonyl (C=O) groups is 14. The van der Waals surface area contributed by atoms with Gasteiger partial charge < -0.3 is 47.0 Å². The molecule has 0 bridgehead atoms. The lowest BCUT2D eigenvalue weighted by atomic mass is 9.86. The fourth-order valence-corrected chi connectivity index (χ4v) is 9.60. The Kier molecular flexibility index (Phi) is 34.9. The molecule has 8 atom stereocenters. The predicted octanol–water partition coefficient (Wildman–Crippen LogP) is 8.22. The van der Waals surface area contributed by atoms with E-state index in [0.717, 1.165) is 22.3 Å². The van der Waals surface area contributed by atoms with Crippen LogP contribution in [0.25, 0.3) is 24.3 Å². The maximum atomic E-state index is 13.4. The third kappa shape index (κ3) is 30.4. The SMILES string of the molecule is CC(=O)NCC(=O)C[C@@H](C)C(=O)N[C@H](C(=O)C[C@@H](CCC(=O)O)C(=O)N[C@H](C(=O)O)C(C)C)C(C)C.Cc1ccc(/C=C/c2ccc(/C=C/c3ccc(C(=O)CCC(=O)N[C@@H](C)C(=O)C[C@H](C(=O)N[C@@H](CCC(=O)O)C(=O)C[C@H](C(=O)O)C(C)C)C(C)C)cc3)cc2)cc1. The summed E-state index contributed by atoms with van der Waals surface area (Å²) in [5.41, 5.74) is 5.82. The Balaban J connectivity index is 0.000000719. The molecule has 0 radical (unpaired) electrons. The van der Waals surface area contributed by atoms with Gasteiger partial charge in [-0.05, 0) is 72.6 Å². The first-order chi connectivity index (χ1) is 44.0. The molecule has 3 aromatic carbocycles. The number of benzene rings is 3. The van der Waals surface area contributed by atoms with E-state index in [2.05, 4.69) is 69.9 Å². The Morgan fingerprint density at radius 1 is 0.436 bits per heavy atom. The van der Waals surface area contributed by atoms with Crippen molar-refractivity contribution in [1.82, 2.24) is 26.6 Å². The molecule has 23 heteroatoms. The van der Waals surface area contributed by atoms with Gasteiger partial charge in [0.25, 0.3) is 0 Å². The van der Waals surface area contributed by atoms with Crippen LogP contribution in [-0.4, -0.2) is 133 Å². The quantitative estimate of drug-likeness (QED) is 0.0191. The molecule has 0 aliphatic heterocycles. The predicted molar refractivity (Wildman–Crippen MR) is 354 cm³/mol. The Bertz CT molecular complexity index is 3180. The molecule has 23 nitrogen and oxygen atoms in total. The highest BCUT2D eigenvalue weighted by atomic mass is 16.4. The van der Waals surface area contributed by atoms with Crippen LogP contribution in [0, 0.1) is 54.3 Å². The number of rotatable bonds is 40. The van der Waals surface area contributed by atoms with Gasteiger partial charge in [0, 0.05) is 81.6 Å². The number of Topliss-reactive ketones (excluding diaryl/α,β-unsaturated/α-hetero) is 5. The van der Waals surface area contributed by atoms with Crippen LogP contribution in [0.1, 0.15) is 179 Å². The molecule has 0 spiro atoms. The van der Waals surface area contributed by atoms with Crippen LogP contribution in [0.5, 0.6) is 0 Å². The highest BCUT2D eigenvalue weighted by Crippen LogP contribution is 2.23. The van der Waals surface area contributed by atoms with Gasteiger partial charge in [0.15, 0.2) is 28.9 Å². The molecule has 0 saturated heterocycles. The first-order valence-corrected chi connectivity index (χ1v) is 31.6. The molecular weight excluding hydrogens is 1210 g/mol. The van der Waals surface area contributed by atoms with Crippen molar-refractivity contribution < 1.29 is 87.5 Å². The van der Waals surface area contributed by atoms with Crippen LogP contribution in [0.3, 0.4) is 0 Å². The minimum absolute atomic E-state index is 0.0744. The van der Waals surface area contributed by atoms with Gasteiger partial charge in [-0.1, -0.05) is 165 Å². The van der Waals surface area contributed by atoms with Crippen LogP contribution in [0.15, 0.2) is 72.8 Å². The van der Waals surface area contributed by atoms with Gasteiger partial charge in [-0.15, -0.1) is 0 Å². The summed E-state index contributed by atoms with van der Waals surface area (Å²) < 4.78 is 0. The minimum atomic E-state index is -1.25. The summed E-state index contributed by atoms with van der Waals surface area (Å²) in [6, 6.07) is 19.1. The summed E-state index contributed by atoms with van der Waals surface area (Å²) in [4.78, 5) is 172. The molecule has 9 N–H and O–H groups in total. The summed E-state index contributed by atoms with van der Waals surface area (Å²) in [6.45, 7) is 19.4. The number of nitrogens with one attached hydrogen (secondary N) is 5. The topological polar surface area (TPSA) is 380 Å². The zero-order valence-corrected chi connectivity index (χ0v) is 55.9. The van der Waals surface area contributed by atoms with Crippen LogP contribution < -0.4 is 26.6 Å². The highest BCUT2D eigenvalue weighted by molar-refractivity contribution is 6.00. The number of ketones is 5. The molecule has 3 rings (SSSR count). The van der Waals surface area contributed by atoms with E-state index in [0.29, 0.717) is 5.56 Å². The van der Waals surface area contributed by atoms with Gasteiger partial charge in [-0.25, -0.2) is 4.79 Å². The molecule has 0 unspecified atom stereocenters. The van der Waals surface area contributed by atoms with Crippen LogP contribution in [-0.2, 0) is 62.3 Å². The summed E-state index contributed by atoms with van der Waals surface area (Å²) in [5, 5.41) is 49.6. The second-order valence-electron chi connectivity index (χ2n) is 25.1. The third-order valence-electron chi connectivity index (χ3n) is 15.7. The van der Waals surface area contributed by atoms with Crippen molar-refractivity contribution >= 4 is 107 Å². The molecular formula is C71H95N5O18. The first-order valence-electron chi connectivity index (χ1n) is 31.6. The fourth-order valence-electron chi connectivity index (χ4n) is 9.60. The normalized spacial score (nSPS) is 13.9. The number of hydrogen-bond acceptors (Lipinski definition) is 14. The lowest BCUT2D eigenvalue weighted by Gasteiger charge is -2.26. The maximum Gasteiger partial charge on any atom is 0.326 e. The van der Waals surface area contributed by atoms with Crippen molar-refractivity contribution in [2.45, 2.75) is 171 Å². The molecule has 0 aliphatic carbocycles. The van der Waals surface area contributed by atoms with E-state index in [-0.39, 0.29) is 86.7 Å². The Hall–Kier alpha value is -9.28. The van der Waals surface area contributed by atoms with E-state index in [1.165, 1.54) is 26.3 Å². The summed E-state index contributed by atoms with van der Waals surface area (Å²) >= 11 is 0. The number of carboxylic acids is 4. The standard InChI is InChI=1S/C47H56N2O9.C24H39N3O9/c1-29(2)38(46(56)49-40(23-26-45(54)55)43(52)28-39(30(3)4)47(57)58)27-42(51)32(6)48-44(53)25-24-41(50)37-21-19-36(20-22-37)18-17-35-15-13-34(14-16-35)12-11-33-9-7-31(5)8-10-33;1-12(2)20(26-22(33)14(5)9-17(29)11-25-15(6)28)18(30)10-16(7-8-19(31)32)23(34)27-21(13(3)4)24(35)36/h7-22,29-30,32,38-40H,23-28H2,1-6H3,(H,48,53)(H,49,56)(H,54,55)(H,57,58);12-14,16,20-21H,7-11H2,1-6H3,(H,25,28)(H,26,33)(H,27,34)(H,31,32)(H,35,36)/b12-11+,18-17+;/t32-,38-,39-,40-;14-,16-,20+,21+/m01/s1. The number of aryl methyl sites for hydroxylation is 1. The molecule has 5 amide bonds. The molecule has 0 saturated carbocycles. The molecule has 3 aromatic rings. The monoisotopic (exact) mass is 1310 g/mol. The zero-order chi connectivity index (χ0) is 71.1. The number of amides is 5. The lowest BCUT2D eigenvalue weighted by molar-refractivity contribution is -0.146. The van der Waals surface area contributed by atoms with E-state index in [4.69, 9.17) is 5.11 Å². The van der Waals surface area contributed by atoms with Crippen LogP contribution in [0.2, 0.25) is 0 Å². The van der Waals surface area contributed by atoms with E-state index in [9.17, 15) is 82.4 Å². The van der Waals surface area contributed by atoms with Gasteiger partial charge in [0.1, 0.15) is 6.04 Å². The van der Waals surface area contributed by atoms with Gasteiger partial charge in [-0.3, -0.25) is 62.3 Å². The van der Waals surface area contributed by atoms with Crippen LogP contribution >= 0.6 is 0 Å². The highest BCUT2D eigenvalue weighted by Gasteiger charge is 2.36. The van der Waals surface area contributed by atoms with Crippen molar-refractivity contribution in [3.63, 3.8) is 0 Å². The van der Waals surface area contributed by atoms with Crippen molar-refractivity contribution in [2.75, 3.05) is 6.54 Å². The molecule has 0 fully saturated rings. The van der Waals surface area contributed by atoms with E-state index in [1.54, 1.807) is 67.5 Å². The van der Waals surface area contributed by atoms with Crippen molar-refractivity contribution in [1.29, 1.82) is 0 Å². The third-order valence-corrected chi connectivity index (χ3v) is 15.7. The number of carbonyl (C=O) groups excluding carboxylic acids is 10. The summed E-state index contributed by atoms with van der Waals surface area (Å²) in [6.07, 6.45) is 5.38. The molecule has 0 heterocycles. The Labute approximate surface area is 550 Å². The zero-order valence-electron chi connectivity index (χ0n) is 55.9. The number of carboxylic acid groups (broad SMARTS) is 4. The van der Waals surface area contributed by atoms with Crippen molar-refractivity contribution in [3.05, 3.63) is 106 Å². The van der Waals surface area contributed by atoms with Crippen molar-refractivity contribution in [3.8, 4) is 0 Å². The van der Waals surface area contributed by atoms with Gasteiger partial charge in [0.2, 0.25) is 29.5 Å². The van der Waals surface area contributed by atoms with Crippen LogP contribution in [0.4, 0.5) is 0 Å². The minimum Gasteiger partial charge on any atom is -0.481 e. The smallest absolute Gasteiger partial charge is 0.326 e. The van der Waals surface area contributed by atoms with E-state index < -0.39 is 138 Å². The Morgan fingerprint density at radius 3 is 1.34 bits per heavy atom. The first kappa shape index (κ1) is 80.8. The summed E-state index contributed by atoms with van der Waals surface area (Å²) in [7, 11) is 0. The van der Waals surface area contributed by atoms with E-state index >= 15 is 0 Å².